The van der Waals surface area contributed by atoms with Crippen LogP contribution in [-0.4, -0.2) is 24.5 Å². The summed E-state index contributed by atoms with van der Waals surface area (Å²) in [7, 11) is 0. The van der Waals surface area contributed by atoms with Crippen LogP contribution in [0.15, 0.2) is 156 Å². The third-order valence-electron chi connectivity index (χ3n) is 9.14. The number of rotatable bonds is 4. The standard InChI is InChI=1S/C42H25N5O/c1-2-10-27-23-28(18-17-26(27)9-1)40-44-41(29-19-20-32-34-25-43-22-21-38(34)48-39(32)24-29)46-42(45-40)33-13-5-8-16-37(33)47-35-14-6-3-11-30(35)31-12-4-7-15-36(31)47/h1-25H. The van der Waals surface area contributed by atoms with Gasteiger partial charge in [-0.3, -0.25) is 4.98 Å². The van der Waals surface area contributed by atoms with Crippen molar-refractivity contribution in [1.82, 2.24) is 24.5 Å². The average Bonchev–Trinajstić information content (AvgIpc) is 3.70. The Bertz CT molecular complexity index is 2810. The molecule has 4 aromatic heterocycles. The molecule has 0 aliphatic heterocycles. The Hall–Kier alpha value is -6.66. The van der Waals surface area contributed by atoms with Gasteiger partial charge in [0.2, 0.25) is 0 Å². The smallest absolute Gasteiger partial charge is 0.166 e. The number of fused-ring (bicyclic) bond motifs is 7. The van der Waals surface area contributed by atoms with E-state index in [1.54, 1.807) is 6.20 Å². The largest absolute Gasteiger partial charge is 0.456 e. The van der Waals surface area contributed by atoms with Crippen LogP contribution < -0.4 is 0 Å². The number of hydrogen-bond donors (Lipinski definition) is 0. The highest BCUT2D eigenvalue weighted by Crippen LogP contribution is 2.37. The highest BCUT2D eigenvalue weighted by atomic mass is 16.3. The lowest BCUT2D eigenvalue weighted by atomic mass is 10.1. The third-order valence-corrected chi connectivity index (χ3v) is 9.14. The molecule has 0 N–H and O–H groups in total. The van der Waals surface area contributed by atoms with Crippen molar-refractivity contribution in [2.75, 3.05) is 0 Å². The first kappa shape index (κ1) is 26.5. The molecular formula is C42H25N5O. The molecule has 10 aromatic rings. The fourth-order valence-corrected chi connectivity index (χ4v) is 6.88. The van der Waals surface area contributed by atoms with Gasteiger partial charge in [0.25, 0.3) is 0 Å². The van der Waals surface area contributed by atoms with Crippen LogP contribution in [0.3, 0.4) is 0 Å². The number of hydrogen-bond acceptors (Lipinski definition) is 5. The summed E-state index contributed by atoms with van der Waals surface area (Å²) in [6.45, 7) is 0. The number of nitrogens with zero attached hydrogens (tertiary/aromatic N) is 5. The van der Waals surface area contributed by atoms with Gasteiger partial charge in [0.1, 0.15) is 11.2 Å². The zero-order valence-electron chi connectivity index (χ0n) is 25.6. The minimum atomic E-state index is 0.570. The van der Waals surface area contributed by atoms with Crippen molar-refractivity contribution < 1.29 is 4.42 Å². The molecule has 0 amide bonds. The molecule has 6 nitrogen and oxygen atoms in total. The first-order valence-corrected chi connectivity index (χ1v) is 15.9. The summed E-state index contributed by atoms with van der Waals surface area (Å²) in [6, 6.07) is 48.1. The zero-order chi connectivity index (χ0) is 31.6. The Morgan fingerprint density at radius 2 is 1.10 bits per heavy atom. The predicted molar refractivity (Wildman–Crippen MR) is 193 cm³/mol. The van der Waals surface area contributed by atoms with E-state index in [9.17, 15) is 0 Å². The fourth-order valence-electron chi connectivity index (χ4n) is 6.88. The van der Waals surface area contributed by atoms with Gasteiger partial charge in [0.05, 0.1) is 16.7 Å². The van der Waals surface area contributed by atoms with Crippen molar-refractivity contribution in [3.05, 3.63) is 152 Å². The summed E-state index contributed by atoms with van der Waals surface area (Å²) >= 11 is 0. The first-order valence-electron chi connectivity index (χ1n) is 15.9. The molecule has 6 heteroatoms. The van der Waals surface area contributed by atoms with Crippen molar-refractivity contribution in [2.45, 2.75) is 0 Å². The van der Waals surface area contributed by atoms with Gasteiger partial charge in [0, 0.05) is 50.6 Å². The van der Waals surface area contributed by atoms with Crippen molar-refractivity contribution in [2.24, 2.45) is 0 Å². The molecule has 6 aromatic carbocycles. The Morgan fingerprint density at radius 1 is 0.458 bits per heavy atom. The fraction of sp³-hybridized carbons (Fsp3) is 0. The number of para-hydroxylation sites is 3. The monoisotopic (exact) mass is 615 g/mol. The lowest BCUT2D eigenvalue weighted by Gasteiger charge is -2.14. The Kier molecular flexibility index (Phi) is 5.77. The Morgan fingerprint density at radius 3 is 1.92 bits per heavy atom. The maximum atomic E-state index is 6.23. The second-order valence-electron chi connectivity index (χ2n) is 11.9. The molecular weight excluding hydrogens is 590 g/mol. The molecule has 0 bridgehead atoms. The van der Waals surface area contributed by atoms with Crippen LogP contribution in [0.25, 0.3) is 94.4 Å². The molecule has 0 atom stereocenters. The molecule has 0 aliphatic carbocycles. The van der Waals surface area contributed by atoms with Gasteiger partial charge >= 0.3 is 0 Å². The maximum absolute atomic E-state index is 6.23. The van der Waals surface area contributed by atoms with E-state index in [4.69, 9.17) is 19.4 Å². The van der Waals surface area contributed by atoms with E-state index in [1.165, 1.54) is 10.8 Å². The SMILES string of the molecule is c1ccc(-n2c3ccccc3c3ccccc32)c(-c2nc(-c3ccc4ccccc4c3)nc(-c3ccc4c(c3)oc3ccncc34)n2)c1. The summed E-state index contributed by atoms with van der Waals surface area (Å²) in [5.74, 6) is 1.77. The van der Waals surface area contributed by atoms with Crippen molar-refractivity contribution >= 4 is 54.5 Å². The molecule has 0 saturated heterocycles. The van der Waals surface area contributed by atoms with Gasteiger partial charge in [-0.2, -0.15) is 0 Å². The molecule has 0 radical (unpaired) electrons. The lowest BCUT2D eigenvalue weighted by Crippen LogP contribution is -2.03. The van der Waals surface area contributed by atoms with Gasteiger partial charge in [-0.15, -0.1) is 0 Å². The third kappa shape index (κ3) is 4.13. The normalized spacial score (nSPS) is 11.8. The van der Waals surface area contributed by atoms with Gasteiger partial charge in [-0.05, 0) is 59.3 Å². The molecule has 0 saturated carbocycles. The summed E-state index contributed by atoms with van der Waals surface area (Å²) in [5, 5.41) is 6.67. The van der Waals surface area contributed by atoms with Gasteiger partial charge in [-0.1, -0.05) is 91.0 Å². The van der Waals surface area contributed by atoms with Crippen LogP contribution in [-0.2, 0) is 0 Å². The highest BCUT2D eigenvalue weighted by Gasteiger charge is 2.19. The van der Waals surface area contributed by atoms with E-state index >= 15 is 0 Å². The van der Waals surface area contributed by atoms with E-state index in [2.05, 4.69) is 125 Å². The first-order chi connectivity index (χ1) is 23.8. The second-order valence-corrected chi connectivity index (χ2v) is 11.9. The summed E-state index contributed by atoms with van der Waals surface area (Å²) in [6.07, 6.45) is 3.58. The minimum Gasteiger partial charge on any atom is -0.456 e. The summed E-state index contributed by atoms with van der Waals surface area (Å²) in [4.78, 5) is 19.7. The summed E-state index contributed by atoms with van der Waals surface area (Å²) in [5.41, 5.74) is 7.47. The van der Waals surface area contributed by atoms with Gasteiger partial charge < -0.3 is 8.98 Å². The van der Waals surface area contributed by atoms with Crippen LogP contribution in [0, 0.1) is 0 Å². The molecule has 224 valence electrons. The summed E-state index contributed by atoms with van der Waals surface area (Å²) < 4.78 is 8.54. The maximum Gasteiger partial charge on any atom is 0.166 e. The molecule has 0 fully saturated rings. The average molecular weight is 616 g/mol. The molecule has 10 rings (SSSR count). The van der Waals surface area contributed by atoms with Gasteiger partial charge in [-0.25, -0.2) is 15.0 Å². The van der Waals surface area contributed by atoms with Crippen LogP contribution >= 0.6 is 0 Å². The lowest BCUT2D eigenvalue weighted by molar-refractivity contribution is 0.668. The quantitative estimate of drug-likeness (QED) is 0.197. The van der Waals surface area contributed by atoms with Crippen LogP contribution in [0.2, 0.25) is 0 Å². The van der Waals surface area contributed by atoms with E-state index in [-0.39, 0.29) is 0 Å². The predicted octanol–water partition coefficient (Wildman–Crippen LogP) is 10.4. The highest BCUT2D eigenvalue weighted by molar-refractivity contribution is 6.10. The Labute approximate surface area is 274 Å². The number of aromatic nitrogens is 5. The number of furan rings is 1. The zero-order valence-corrected chi connectivity index (χ0v) is 25.6. The topological polar surface area (TPSA) is 69.6 Å². The van der Waals surface area contributed by atoms with Crippen molar-refractivity contribution in [3.8, 4) is 39.9 Å². The van der Waals surface area contributed by atoms with Crippen molar-refractivity contribution in [3.63, 3.8) is 0 Å². The van der Waals surface area contributed by atoms with E-state index in [0.717, 1.165) is 66.1 Å². The van der Waals surface area contributed by atoms with E-state index in [0.29, 0.717) is 17.5 Å². The second kappa shape index (κ2) is 10.4. The molecule has 0 unspecified atom stereocenters. The van der Waals surface area contributed by atoms with E-state index in [1.807, 2.05) is 30.5 Å². The van der Waals surface area contributed by atoms with Crippen LogP contribution in [0.4, 0.5) is 0 Å². The number of benzene rings is 6. The minimum absolute atomic E-state index is 0.570. The molecule has 0 aliphatic rings. The molecule has 0 spiro atoms. The van der Waals surface area contributed by atoms with Crippen LogP contribution in [0.5, 0.6) is 0 Å². The number of pyridine rings is 1. The molecule has 48 heavy (non-hydrogen) atoms. The van der Waals surface area contributed by atoms with E-state index < -0.39 is 0 Å². The Balaban J connectivity index is 1.23. The van der Waals surface area contributed by atoms with Crippen LogP contribution in [0.1, 0.15) is 0 Å². The van der Waals surface area contributed by atoms with Gasteiger partial charge in [0.15, 0.2) is 17.5 Å². The van der Waals surface area contributed by atoms with Crippen molar-refractivity contribution in [1.29, 1.82) is 0 Å². The molecule has 4 heterocycles.